The molecule has 1 aliphatic heterocycles. The van der Waals surface area contributed by atoms with E-state index >= 15 is 0 Å². The van der Waals surface area contributed by atoms with Crippen LogP contribution in [0.15, 0.2) is 54.6 Å². The molecule has 8 heteroatoms. The van der Waals surface area contributed by atoms with Crippen molar-refractivity contribution in [2.45, 2.75) is 78.3 Å². The first kappa shape index (κ1) is 33.4. The number of ether oxygens (including phenoxy) is 1. The van der Waals surface area contributed by atoms with Gasteiger partial charge in [0, 0.05) is 23.4 Å². The Morgan fingerprint density at radius 2 is 1.84 bits per heavy atom. The number of nitrogens with zero attached hydrogens (tertiary/aromatic N) is 1. The molecular formula is C36H43BN3O3P. The van der Waals surface area contributed by atoms with Crippen LogP contribution in [0.4, 0.5) is 5.69 Å². The van der Waals surface area contributed by atoms with E-state index in [0.29, 0.717) is 34.4 Å². The average molecular weight is 608 g/mol. The standard InChI is InChI=1S/C36H43BN3O3P/c1-20(2)32(41)23-13-15-27(28(17-23)43-8)39-34(42)31-30(24-11-9-10-22(4)33(24)44)36(19-38,29(40-31)18-35(5,6)7)25-14-12-21(3)16-26(25)37/h9-17,20,29-31,40H,18,44H2,1-8H3,(H,39,42)/t29?,30?,31-,36+/m1/s1. The summed E-state index contributed by atoms with van der Waals surface area (Å²) < 4.78 is 5.61. The van der Waals surface area contributed by atoms with Gasteiger partial charge in [0.15, 0.2) is 5.78 Å². The second kappa shape index (κ2) is 12.9. The van der Waals surface area contributed by atoms with Crippen molar-refractivity contribution >= 4 is 45.2 Å². The molecular weight excluding hydrogens is 564 g/mol. The molecule has 2 N–H and O–H groups in total. The van der Waals surface area contributed by atoms with Crippen LogP contribution in [0.1, 0.15) is 79.6 Å². The van der Waals surface area contributed by atoms with Crippen molar-refractivity contribution in [3.63, 3.8) is 0 Å². The number of aryl methyl sites for hydroxylation is 2. The molecule has 228 valence electrons. The van der Waals surface area contributed by atoms with E-state index in [4.69, 9.17) is 12.6 Å². The summed E-state index contributed by atoms with van der Waals surface area (Å²) in [6.45, 7) is 14.1. The van der Waals surface area contributed by atoms with Crippen LogP contribution in [0.25, 0.3) is 0 Å². The summed E-state index contributed by atoms with van der Waals surface area (Å²) in [5, 5.41) is 18.9. The molecule has 5 atom stereocenters. The molecule has 1 saturated heterocycles. The van der Waals surface area contributed by atoms with Crippen LogP contribution in [0.5, 0.6) is 5.75 Å². The maximum Gasteiger partial charge on any atom is 0.242 e. The Hall–Kier alpha value is -3.46. The molecule has 0 aromatic heterocycles. The third-order valence-electron chi connectivity index (χ3n) is 8.65. The highest BCUT2D eigenvalue weighted by Gasteiger charge is 2.60. The molecule has 3 aromatic rings. The molecule has 0 aliphatic carbocycles. The molecule has 6 nitrogen and oxygen atoms in total. The number of carbonyl (C=O) groups is 2. The predicted octanol–water partition coefficient (Wildman–Crippen LogP) is 5.41. The first-order chi connectivity index (χ1) is 20.6. The van der Waals surface area contributed by atoms with Gasteiger partial charge in [0.05, 0.1) is 24.9 Å². The molecule has 1 amide bonds. The quantitative estimate of drug-likeness (QED) is 0.203. The van der Waals surface area contributed by atoms with Crippen LogP contribution in [0.3, 0.4) is 0 Å². The third kappa shape index (κ3) is 6.34. The lowest BCUT2D eigenvalue weighted by molar-refractivity contribution is -0.118. The number of ketones is 1. The molecule has 0 saturated carbocycles. The van der Waals surface area contributed by atoms with E-state index in [1.165, 1.54) is 7.11 Å². The van der Waals surface area contributed by atoms with Gasteiger partial charge in [-0.2, -0.15) is 5.26 Å². The van der Waals surface area contributed by atoms with E-state index in [1.54, 1.807) is 18.2 Å². The van der Waals surface area contributed by atoms with Crippen molar-refractivity contribution in [3.8, 4) is 11.8 Å². The molecule has 1 fully saturated rings. The normalized spacial score (nSPS) is 21.6. The summed E-state index contributed by atoms with van der Waals surface area (Å²) >= 11 is 0. The second-order valence-corrected chi connectivity index (χ2v) is 14.1. The minimum Gasteiger partial charge on any atom is -0.495 e. The van der Waals surface area contributed by atoms with Gasteiger partial charge >= 0.3 is 0 Å². The van der Waals surface area contributed by atoms with E-state index in [1.807, 2.05) is 64.1 Å². The van der Waals surface area contributed by atoms with Crippen molar-refractivity contribution in [2.24, 2.45) is 11.3 Å². The number of amides is 1. The Morgan fingerprint density at radius 1 is 1.14 bits per heavy atom. The van der Waals surface area contributed by atoms with Crippen molar-refractivity contribution in [3.05, 3.63) is 82.4 Å². The molecule has 4 rings (SSSR count). The minimum absolute atomic E-state index is 0.00867. The molecule has 44 heavy (non-hydrogen) atoms. The van der Waals surface area contributed by atoms with Crippen molar-refractivity contribution in [1.82, 2.24) is 5.32 Å². The van der Waals surface area contributed by atoms with Crippen molar-refractivity contribution < 1.29 is 14.3 Å². The molecule has 0 bridgehead atoms. The monoisotopic (exact) mass is 607 g/mol. The van der Waals surface area contributed by atoms with Crippen molar-refractivity contribution in [2.75, 3.05) is 12.4 Å². The lowest BCUT2D eigenvalue weighted by Gasteiger charge is -2.39. The van der Waals surface area contributed by atoms with Gasteiger partial charge in [0.2, 0.25) is 5.91 Å². The van der Waals surface area contributed by atoms with E-state index in [9.17, 15) is 14.9 Å². The number of methoxy groups -OCH3 is 1. The van der Waals surface area contributed by atoms with Gasteiger partial charge in [0.1, 0.15) is 19.0 Å². The van der Waals surface area contributed by atoms with Crippen LogP contribution >= 0.6 is 9.24 Å². The molecule has 1 aliphatic rings. The number of nitrogens with one attached hydrogen (secondary N) is 2. The maximum absolute atomic E-state index is 14.4. The summed E-state index contributed by atoms with van der Waals surface area (Å²) in [7, 11) is 11.0. The fourth-order valence-corrected chi connectivity index (χ4v) is 6.87. The van der Waals surface area contributed by atoms with Gasteiger partial charge in [0.25, 0.3) is 0 Å². The van der Waals surface area contributed by atoms with Gasteiger partial charge in [-0.15, -0.1) is 9.24 Å². The van der Waals surface area contributed by atoms with E-state index in [0.717, 1.165) is 22.0 Å². The number of benzene rings is 3. The largest absolute Gasteiger partial charge is 0.495 e. The maximum atomic E-state index is 14.4. The highest BCUT2D eigenvalue weighted by atomic mass is 31.0. The summed E-state index contributed by atoms with van der Waals surface area (Å²) in [4.78, 5) is 27.1. The fraction of sp³-hybridized carbons (Fsp3) is 0.417. The first-order valence-electron chi connectivity index (χ1n) is 15.1. The van der Waals surface area contributed by atoms with Crippen LogP contribution in [0.2, 0.25) is 0 Å². The first-order valence-corrected chi connectivity index (χ1v) is 15.6. The lowest BCUT2D eigenvalue weighted by Crippen LogP contribution is -2.47. The van der Waals surface area contributed by atoms with E-state index in [-0.39, 0.29) is 23.0 Å². The Balaban J connectivity index is 1.92. The van der Waals surface area contributed by atoms with Gasteiger partial charge in [-0.25, -0.2) is 0 Å². The Morgan fingerprint density at radius 3 is 2.43 bits per heavy atom. The van der Waals surface area contributed by atoms with Crippen LogP contribution in [0, 0.1) is 36.5 Å². The molecule has 2 radical (unpaired) electrons. The minimum atomic E-state index is -1.16. The Kier molecular flexibility index (Phi) is 9.79. The predicted molar refractivity (Wildman–Crippen MR) is 183 cm³/mol. The summed E-state index contributed by atoms with van der Waals surface area (Å²) in [5.41, 5.74) is 3.82. The molecule has 3 aromatic carbocycles. The average Bonchev–Trinajstić information content (AvgIpc) is 3.27. The number of anilines is 1. The lowest BCUT2D eigenvalue weighted by atomic mass is 9.60. The zero-order valence-electron chi connectivity index (χ0n) is 27.0. The molecule has 0 spiro atoms. The summed E-state index contributed by atoms with van der Waals surface area (Å²) in [6.07, 6.45) is 0.626. The van der Waals surface area contributed by atoms with Gasteiger partial charge in [-0.3, -0.25) is 9.59 Å². The van der Waals surface area contributed by atoms with E-state index in [2.05, 4.69) is 46.7 Å². The smallest absolute Gasteiger partial charge is 0.242 e. The zero-order valence-corrected chi connectivity index (χ0v) is 28.2. The third-order valence-corrected chi connectivity index (χ3v) is 9.44. The number of hydrogen-bond donors (Lipinski definition) is 2. The SMILES string of the molecule is [B]c1cc(C)ccc1[C@@]1(C#N)C(CC(C)(C)C)N[C@@H](C(=O)Nc2ccc(C(=O)C(C)C)cc2OC)C1c1cccc(C)c1P. The van der Waals surface area contributed by atoms with Crippen LogP contribution < -0.4 is 26.1 Å². The summed E-state index contributed by atoms with van der Waals surface area (Å²) in [6, 6.07) is 18.4. The zero-order chi connectivity index (χ0) is 32.6. The Bertz CT molecular complexity index is 1620. The van der Waals surface area contributed by atoms with Gasteiger partial charge < -0.3 is 15.4 Å². The molecule has 3 unspecified atom stereocenters. The number of hydrogen-bond acceptors (Lipinski definition) is 5. The number of nitriles is 1. The number of Topliss-reactive ketones (excluding diaryl/α,β-unsaturated/α-hetero) is 1. The summed E-state index contributed by atoms with van der Waals surface area (Å²) in [5.74, 6) is -0.672. The second-order valence-electron chi connectivity index (χ2n) is 13.5. The fourth-order valence-electron chi connectivity index (χ4n) is 6.50. The van der Waals surface area contributed by atoms with Crippen LogP contribution in [-0.4, -0.2) is 38.7 Å². The Labute approximate surface area is 266 Å². The highest BCUT2D eigenvalue weighted by Crippen LogP contribution is 2.51. The highest BCUT2D eigenvalue weighted by molar-refractivity contribution is 7.27. The van der Waals surface area contributed by atoms with Crippen molar-refractivity contribution in [1.29, 1.82) is 5.26 Å². The van der Waals surface area contributed by atoms with E-state index < -0.39 is 23.4 Å². The van der Waals surface area contributed by atoms with Gasteiger partial charge in [-0.1, -0.05) is 82.0 Å². The molecule has 1 heterocycles. The van der Waals surface area contributed by atoms with Gasteiger partial charge in [-0.05, 0) is 65.9 Å². The van der Waals surface area contributed by atoms with Crippen LogP contribution in [-0.2, 0) is 10.2 Å². The number of carbonyl (C=O) groups excluding carboxylic acids is 2. The topological polar surface area (TPSA) is 91.2 Å². The number of rotatable bonds is 8.